The van der Waals surface area contributed by atoms with Crippen LogP contribution in [0.15, 0.2) is 24.3 Å². The van der Waals surface area contributed by atoms with Crippen LogP contribution >= 0.6 is 0 Å². The minimum absolute atomic E-state index is 0.0624. The summed E-state index contributed by atoms with van der Waals surface area (Å²) in [7, 11) is -3.07. The molecule has 0 saturated carbocycles. The molecule has 6 heteroatoms. The Labute approximate surface area is 93.6 Å². The molecule has 0 radical (unpaired) electrons. The molecule has 0 saturated heterocycles. The summed E-state index contributed by atoms with van der Waals surface area (Å²) in [6.45, 7) is 0. The van der Waals surface area contributed by atoms with Crippen LogP contribution in [0.4, 0.5) is 0 Å². The largest absolute Gasteiger partial charge is 0.268 e. The molecule has 0 aromatic heterocycles. The second kappa shape index (κ2) is 4.77. The third-order valence-electron chi connectivity index (χ3n) is 1.81. The van der Waals surface area contributed by atoms with Crippen LogP contribution in [0, 0.1) is 11.5 Å². The normalized spacial score (nSPS) is 10.5. The van der Waals surface area contributed by atoms with Crippen molar-refractivity contribution in [1.29, 1.82) is 5.26 Å². The lowest BCUT2D eigenvalue weighted by atomic mass is 10.1. The zero-order chi connectivity index (χ0) is 12.2. The summed E-state index contributed by atoms with van der Waals surface area (Å²) in [6.07, 6.45) is 2.67. The standard InChI is InChI=1S/C10H10N2O3S/c1-16(14,15)6-8-2-4-9(5-3-8)10(13)12-7-11/h2-5H,6H2,1H3,(H,12,13). The SMILES string of the molecule is CS(=O)(=O)Cc1ccc(C(=O)NC#N)cc1. The maximum atomic E-state index is 11.2. The molecule has 0 spiro atoms. The highest BCUT2D eigenvalue weighted by atomic mass is 32.2. The van der Waals surface area contributed by atoms with Crippen molar-refractivity contribution in [2.45, 2.75) is 5.75 Å². The Hall–Kier alpha value is -1.87. The summed E-state index contributed by atoms with van der Waals surface area (Å²) in [5.74, 6) is -0.568. The number of hydrogen-bond acceptors (Lipinski definition) is 4. The summed E-state index contributed by atoms with van der Waals surface area (Å²) < 4.78 is 22.0. The molecular weight excluding hydrogens is 228 g/mol. The summed E-state index contributed by atoms with van der Waals surface area (Å²) in [5, 5.41) is 10.2. The lowest BCUT2D eigenvalue weighted by Crippen LogP contribution is -2.17. The first-order chi connectivity index (χ1) is 7.42. The summed E-state index contributed by atoms with van der Waals surface area (Å²) in [5.41, 5.74) is 0.926. The van der Waals surface area contributed by atoms with Crippen molar-refractivity contribution in [2.75, 3.05) is 6.26 Å². The lowest BCUT2D eigenvalue weighted by Gasteiger charge is -2.01. The molecule has 1 aromatic carbocycles. The van der Waals surface area contributed by atoms with Crippen molar-refractivity contribution in [3.63, 3.8) is 0 Å². The van der Waals surface area contributed by atoms with Crippen molar-refractivity contribution in [1.82, 2.24) is 5.32 Å². The molecule has 5 nitrogen and oxygen atoms in total. The minimum Gasteiger partial charge on any atom is -0.268 e. The maximum absolute atomic E-state index is 11.2. The highest BCUT2D eigenvalue weighted by molar-refractivity contribution is 7.89. The summed E-state index contributed by atoms with van der Waals surface area (Å²) in [6, 6.07) is 6.06. The van der Waals surface area contributed by atoms with Gasteiger partial charge in [-0.2, -0.15) is 5.26 Å². The molecule has 0 aliphatic carbocycles. The molecule has 84 valence electrons. The van der Waals surface area contributed by atoms with Crippen LogP contribution in [0.3, 0.4) is 0 Å². The highest BCUT2D eigenvalue weighted by Gasteiger charge is 2.07. The van der Waals surface area contributed by atoms with E-state index in [0.717, 1.165) is 6.26 Å². The smallest absolute Gasteiger partial charge is 0.264 e. The number of nitrogens with one attached hydrogen (secondary N) is 1. The van der Waals surface area contributed by atoms with Gasteiger partial charge >= 0.3 is 0 Å². The van der Waals surface area contributed by atoms with E-state index in [0.29, 0.717) is 11.1 Å². The maximum Gasteiger partial charge on any atom is 0.264 e. The van der Waals surface area contributed by atoms with Crippen LogP contribution < -0.4 is 5.32 Å². The average molecular weight is 238 g/mol. The van der Waals surface area contributed by atoms with Gasteiger partial charge in [0.15, 0.2) is 16.0 Å². The number of amides is 1. The zero-order valence-electron chi connectivity index (χ0n) is 8.60. The van der Waals surface area contributed by atoms with Gasteiger partial charge < -0.3 is 0 Å². The van der Waals surface area contributed by atoms with Gasteiger partial charge in [-0.3, -0.25) is 10.1 Å². The first-order valence-corrected chi connectivity index (χ1v) is 6.44. The molecule has 0 atom stereocenters. The number of carbonyl (C=O) groups excluding carboxylic acids is 1. The second-order valence-electron chi connectivity index (χ2n) is 3.33. The Morgan fingerprint density at radius 1 is 1.38 bits per heavy atom. The van der Waals surface area contributed by atoms with Gasteiger partial charge in [-0.05, 0) is 17.7 Å². The first-order valence-electron chi connectivity index (χ1n) is 4.38. The topological polar surface area (TPSA) is 87.0 Å². The average Bonchev–Trinajstić information content (AvgIpc) is 2.16. The lowest BCUT2D eigenvalue weighted by molar-refractivity contribution is 0.0973. The molecule has 0 bridgehead atoms. The summed E-state index contributed by atoms with van der Waals surface area (Å²) >= 11 is 0. The first kappa shape index (κ1) is 12.2. The third kappa shape index (κ3) is 3.71. The predicted molar refractivity (Wildman–Crippen MR) is 58.1 cm³/mol. The monoisotopic (exact) mass is 238 g/mol. The molecule has 1 amide bonds. The van der Waals surface area contributed by atoms with Gasteiger partial charge in [0.25, 0.3) is 5.91 Å². The molecule has 1 rings (SSSR count). The number of nitrogens with zero attached hydrogens (tertiary/aromatic N) is 1. The molecule has 1 N–H and O–H groups in total. The number of benzene rings is 1. The van der Waals surface area contributed by atoms with E-state index in [-0.39, 0.29) is 5.75 Å². The molecule has 0 aliphatic rings. The quantitative estimate of drug-likeness (QED) is 0.611. The van der Waals surface area contributed by atoms with E-state index >= 15 is 0 Å². The van der Waals surface area contributed by atoms with Crippen LogP contribution in [-0.2, 0) is 15.6 Å². The van der Waals surface area contributed by atoms with E-state index < -0.39 is 15.7 Å². The fourth-order valence-corrected chi connectivity index (χ4v) is 1.98. The van der Waals surface area contributed by atoms with Gasteiger partial charge in [0.05, 0.1) is 5.75 Å². The Balaban J connectivity index is 2.84. The van der Waals surface area contributed by atoms with E-state index in [9.17, 15) is 13.2 Å². The number of nitriles is 1. The van der Waals surface area contributed by atoms with E-state index in [1.165, 1.54) is 18.3 Å². The van der Waals surface area contributed by atoms with Gasteiger partial charge in [0.1, 0.15) is 0 Å². The van der Waals surface area contributed by atoms with Gasteiger partial charge in [0, 0.05) is 11.8 Å². The Morgan fingerprint density at radius 3 is 2.38 bits per heavy atom. The minimum atomic E-state index is -3.07. The van der Waals surface area contributed by atoms with Crippen LogP contribution in [-0.4, -0.2) is 20.6 Å². The van der Waals surface area contributed by atoms with Gasteiger partial charge in [-0.1, -0.05) is 12.1 Å². The van der Waals surface area contributed by atoms with E-state index in [4.69, 9.17) is 5.26 Å². The fraction of sp³-hybridized carbons (Fsp3) is 0.200. The van der Waals surface area contributed by atoms with Crippen LogP contribution in [0.2, 0.25) is 0 Å². The van der Waals surface area contributed by atoms with Gasteiger partial charge in [-0.15, -0.1) is 0 Å². The molecule has 0 unspecified atom stereocenters. The van der Waals surface area contributed by atoms with Crippen molar-refractivity contribution in [3.8, 4) is 6.19 Å². The van der Waals surface area contributed by atoms with Gasteiger partial charge in [0.2, 0.25) is 0 Å². The molecular formula is C10H10N2O3S. The van der Waals surface area contributed by atoms with Crippen LogP contribution in [0.25, 0.3) is 0 Å². The molecule has 0 aliphatic heterocycles. The van der Waals surface area contributed by atoms with Crippen molar-refractivity contribution < 1.29 is 13.2 Å². The van der Waals surface area contributed by atoms with Crippen molar-refractivity contribution >= 4 is 15.7 Å². The molecule has 0 heterocycles. The second-order valence-corrected chi connectivity index (χ2v) is 5.47. The Bertz CT molecular complexity index is 526. The van der Waals surface area contributed by atoms with Gasteiger partial charge in [-0.25, -0.2) is 8.42 Å². The van der Waals surface area contributed by atoms with E-state index in [1.54, 1.807) is 12.1 Å². The Kier molecular flexibility index (Phi) is 3.64. The van der Waals surface area contributed by atoms with Crippen LogP contribution in [0.1, 0.15) is 15.9 Å². The number of sulfone groups is 1. The number of hydrogen-bond donors (Lipinski definition) is 1. The summed E-state index contributed by atoms with van der Waals surface area (Å²) in [4.78, 5) is 11.2. The van der Waals surface area contributed by atoms with Crippen molar-refractivity contribution in [3.05, 3.63) is 35.4 Å². The van der Waals surface area contributed by atoms with Crippen molar-refractivity contribution in [2.24, 2.45) is 0 Å². The molecule has 0 fully saturated rings. The number of rotatable bonds is 3. The van der Waals surface area contributed by atoms with E-state index in [2.05, 4.69) is 0 Å². The van der Waals surface area contributed by atoms with E-state index in [1.807, 2.05) is 5.32 Å². The molecule has 1 aromatic rings. The van der Waals surface area contributed by atoms with Crippen LogP contribution in [0.5, 0.6) is 0 Å². The highest BCUT2D eigenvalue weighted by Crippen LogP contribution is 2.07. The predicted octanol–water partition coefficient (Wildman–Crippen LogP) is 0.442. The third-order valence-corrected chi connectivity index (χ3v) is 2.67. The molecule has 16 heavy (non-hydrogen) atoms. The Morgan fingerprint density at radius 2 is 1.94 bits per heavy atom. The fourth-order valence-electron chi connectivity index (χ4n) is 1.18. The number of carbonyl (C=O) groups is 1. The zero-order valence-corrected chi connectivity index (χ0v) is 9.41.